The highest BCUT2D eigenvalue weighted by Crippen LogP contribution is 2.20. The number of nitrogens with one attached hydrogen (secondary N) is 2. The van der Waals surface area contributed by atoms with Gasteiger partial charge in [-0.15, -0.1) is 0 Å². The van der Waals surface area contributed by atoms with Gasteiger partial charge < -0.3 is 15.4 Å². The molecule has 2 amide bonds. The van der Waals surface area contributed by atoms with Gasteiger partial charge in [-0.3, -0.25) is 9.59 Å². The number of anilines is 1. The van der Waals surface area contributed by atoms with Crippen LogP contribution in [0.3, 0.4) is 0 Å². The van der Waals surface area contributed by atoms with Crippen molar-refractivity contribution < 1.29 is 19.1 Å². The van der Waals surface area contributed by atoms with Gasteiger partial charge in [-0.05, 0) is 48.4 Å². The van der Waals surface area contributed by atoms with Gasteiger partial charge in [-0.25, -0.2) is 4.79 Å². The fourth-order valence-electron chi connectivity index (χ4n) is 2.90. The summed E-state index contributed by atoms with van der Waals surface area (Å²) in [6.07, 6.45) is 0. The molecule has 1 atom stereocenters. The number of ether oxygens (including phenoxy) is 1. The van der Waals surface area contributed by atoms with E-state index in [2.05, 4.69) is 26.6 Å². The van der Waals surface area contributed by atoms with Crippen molar-refractivity contribution >= 4 is 39.4 Å². The zero-order valence-electron chi connectivity index (χ0n) is 16.8. The van der Waals surface area contributed by atoms with E-state index in [1.165, 1.54) is 0 Å². The highest BCUT2D eigenvalue weighted by atomic mass is 79.9. The van der Waals surface area contributed by atoms with E-state index in [1.54, 1.807) is 72.8 Å². The van der Waals surface area contributed by atoms with Gasteiger partial charge in [0.2, 0.25) is 0 Å². The van der Waals surface area contributed by atoms with E-state index in [0.29, 0.717) is 16.8 Å². The Morgan fingerprint density at radius 1 is 0.935 bits per heavy atom. The van der Waals surface area contributed by atoms with Crippen molar-refractivity contribution in [2.24, 2.45) is 0 Å². The summed E-state index contributed by atoms with van der Waals surface area (Å²) in [4.78, 5) is 37.6. The third-order valence-electron chi connectivity index (χ3n) is 4.49. The van der Waals surface area contributed by atoms with E-state index in [0.717, 1.165) is 10.0 Å². The number of hydrogen-bond donors (Lipinski definition) is 2. The van der Waals surface area contributed by atoms with Crippen LogP contribution in [-0.2, 0) is 14.3 Å². The highest BCUT2D eigenvalue weighted by molar-refractivity contribution is 9.10. The van der Waals surface area contributed by atoms with Crippen LogP contribution in [0.5, 0.6) is 0 Å². The van der Waals surface area contributed by atoms with Crippen molar-refractivity contribution in [1.82, 2.24) is 5.32 Å². The first-order valence-corrected chi connectivity index (χ1v) is 10.4. The van der Waals surface area contributed by atoms with E-state index in [1.807, 2.05) is 13.0 Å². The van der Waals surface area contributed by atoms with Crippen LogP contribution in [0.1, 0.15) is 27.5 Å². The summed E-state index contributed by atoms with van der Waals surface area (Å²) in [7, 11) is 0. The average Bonchev–Trinajstić information content (AvgIpc) is 2.78. The minimum absolute atomic E-state index is 0.415. The number of benzene rings is 3. The van der Waals surface area contributed by atoms with Crippen molar-refractivity contribution in [3.05, 3.63) is 100 Å². The molecule has 0 spiro atoms. The molecule has 0 aromatic heterocycles. The first kappa shape index (κ1) is 22.2. The summed E-state index contributed by atoms with van der Waals surface area (Å²) in [6, 6.07) is 21.7. The molecule has 7 heteroatoms. The maximum Gasteiger partial charge on any atom is 0.333 e. The molecule has 0 saturated carbocycles. The summed E-state index contributed by atoms with van der Waals surface area (Å²) < 4.78 is 6.12. The van der Waals surface area contributed by atoms with Crippen molar-refractivity contribution in [1.29, 1.82) is 0 Å². The molecule has 3 rings (SSSR count). The summed E-state index contributed by atoms with van der Waals surface area (Å²) in [5, 5.41) is 5.40. The Morgan fingerprint density at radius 3 is 2.23 bits per heavy atom. The standard InChI is InChI=1S/C24H21BrN2O4/c1-16-14-19(25)12-13-20(16)26-21(28)15-31-24(30)22(17-8-4-2-5-9-17)27-23(29)18-10-6-3-7-11-18/h2-14,22H,15H2,1H3,(H,26,28)(H,27,29). The Bertz CT molecular complexity index is 1070. The van der Waals surface area contributed by atoms with Crippen LogP contribution < -0.4 is 10.6 Å². The molecule has 1 unspecified atom stereocenters. The van der Waals surface area contributed by atoms with Gasteiger partial charge in [-0.2, -0.15) is 0 Å². The second-order valence-corrected chi connectivity index (χ2v) is 7.71. The van der Waals surface area contributed by atoms with Gasteiger partial charge in [0.05, 0.1) is 0 Å². The van der Waals surface area contributed by atoms with Crippen molar-refractivity contribution in [3.63, 3.8) is 0 Å². The molecule has 0 heterocycles. The molecule has 0 aliphatic carbocycles. The quantitative estimate of drug-likeness (QED) is 0.490. The molecular weight excluding hydrogens is 460 g/mol. The number of halogens is 1. The molecule has 0 aliphatic heterocycles. The first-order valence-electron chi connectivity index (χ1n) is 9.57. The fourth-order valence-corrected chi connectivity index (χ4v) is 3.38. The number of rotatable bonds is 7. The van der Waals surface area contributed by atoms with Crippen LogP contribution in [0, 0.1) is 6.92 Å². The second kappa shape index (κ2) is 10.5. The number of esters is 1. The van der Waals surface area contributed by atoms with Crippen LogP contribution in [0.15, 0.2) is 83.3 Å². The van der Waals surface area contributed by atoms with Gasteiger partial charge in [0.1, 0.15) is 0 Å². The lowest BCUT2D eigenvalue weighted by Crippen LogP contribution is -2.36. The Hall–Kier alpha value is -3.45. The van der Waals surface area contributed by atoms with Gasteiger partial charge in [-0.1, -0.05) is 64.5 Å². The smallest absolute Gasteiger partial charge is 0.333 e. The number of amides is 2. The molecule has 6 nitrogen and oxygen atoms in total. The summed E-state index contributed by atoms with van der Waals surface area (Å²) >= 11 is 3.37. The maximum atomic E-state index is 12.8. The molecule has 31 heavy (non-hydrogen) atoms. The lowest BCUT2D eigenvalue weighted by atomic mass is 10.1. The van der Waals surface area contributed by atoms with Crippen LogP contribution >= 0.6 is 15.9 Å². The van der Waals surface area contributed by atoms with Gasteiger partial charge in [0.15, 0.2) is 12.6 Å². The molecule has 0 radical (unpaired) electrons. The lowest BCUT2D eigenvalue weighted by molar-refractivity contribution is -0.149. The molecule has 0 saturated heterocycles. The zero-order valence-corrected chi connectivity index (χ0v) is 18.4. The largest absolute Gasteiger partial charge is 0.454 e. The molecular formula is C24H21BrN2O4. The number of hydrogen-bond acceptors (Lipinski definition) is 4. The average molecular weight is 481 g/mol. The minimum atomic E-state index is -1.05. The predicted octanol–water partition coefficient (Wildman–Crippen LogP) is 4.41. The molecule has 0 fully saturated rings. The summed E-state index contributed by atoms with van der Waals surface area (Å²) in [5.41, 5.74) is 2.47. The lowest BCUT2D eigenvalue weighted by Gasteiger charge is -2.18. The molecule has 0 aliphatic rings. The van der Waals surface area contributed by atoms with Crippen molar-refractivity contribution in [3.8, 4) is 0 Å². The Morgan fingerprint density at radius 2 is 1.58 bits per heavy atom. The summed E-state index contributed by atoms with van der Waals surface area (Å²) in [5.74, 6) is -1.61. The van der Waals surface area contributed by atoms with E-state index in [4.69, 9.17) is 4.74 Å². The molecule has 3 aromatic carbocycles. The number of carbonyl (C=O) groups excluding carboxylic acids is 3. The Kier molecular flexibility index (Phi) is 7.56. The Balaban J connectivity index is 1.67. The first-order chi connectivity index (χ1) is 14.9. The van der Waals surface area contributed by atoms with E-state index in [-0.39, 0.29) is 0 Å². The van der Waals surface area contributed by atoms with E-state index < -0.39 is 30.4 Å². The normalized spacial score (nSPS) is 11.3. The maximum absolute atomic E-state index is 12.8. The zero-order chi connectivity index (χ0) is 22.2. The monoisotopic (exact) mass is 480 g/mol. The predicted molar refractivity (Wildman–Crippen MR) is 122 cm³/mol. The van der Waals surface area contributed by atoms with E-state index >= 15 is 0 Å². The van der Waals surface area contributed by atoms with Crippen molar-refractivity contribution in [2.45, 2.75) is 13.0 Å². The number of aryl methyl sites for hydroxylation is 1. The van der Waals surface area contributed by atoms with Crippen LogP contribution in [0.25, 0.3) is 0 Å². The van der Waals surface area contributed by atoms with E-state index in [9.17, 15) is 14.4 Å². The van der Waals surface area contributed by atoms with Gasteiger partial charge in [0, 0.05) is 15.7 Å². The Labute approximate surface area is 188 Å². The van der Waals surface area contributed by atoms with Crippen LogP contribution in [-0.4, -0.2) is 24.4 Å². The third kappa shape index (κ3) is 6.26. The summed E-state index contributed by atoms with van der Waals surface area (Å²) in [6.45, 7) is 1.38. The minimum Gasteiger partial charge on any atom is -0.454 e. The topological polar surface area (TPSA) is 84.5 Å². The van der Waals surface area contributed by atoms with Crippen molar-refractivity contribution in [2.75, 3.05) is 11.9 Å². The SMILES string of the molecule is Cc1cc(Br)ccc1NC(=O)COC(=O)C(NC(=O)c1ccccc1)c1ccccc1. The van der Waals surface area contributed by atoms with Crippen LogP contribution in [0.2, 0.25) is 0 Å². The highest BCUT2D eigenvalue weighted by Gasteiger charge is 2.25. The molecule has 158 valence electrons. The number of carbonyl (C=O) groups is 3. The van der Waals surface area contributed by atoms with Gasteiger partial charge >= 0.3 is 5.97 Å². The van der Waals surface area contributed by atoms with Gasteiger partial charge in [0.25, 0.3) is 11.8 Å². The second-order valence-electron chi connectivity index (χ2n) is 6.80. The molecule has 0 bridgehead atoms. The third-order valence-corrected chi connectivity index (χ3v) is 4.98. The fraction of sp³-hybridized carbons (Fsp3) is 0.125. The molecule has 3 aromatic rings. The van der Waals surface area contributed by atoms with Crippen LogP contribution in [0.4, 0.5) is 5.69 Å². The molecule has 2 N–H and O–H groups in total.